The van der Waals surface area contributed by atoms with E-state index in [1.807, 2.05) is 0 Å². The van der Waals surface area contributed by atoms with Gasteiger partial charge in [0.25, 0.3) is 5.91 Å². The number of oxazole rings is 1. The molecule has 11 heteroatoms. The van der Waals surface area contributed by atoms with E-state index in [1.165, 1.54) is 6.07 Å². The fraction of sp³-hybridized carbons (Fsp3) is 0.536. The first kappa shape index (κ1) is 27.4. The number of para-hydroxylation sites is 1. The van der Waals surface area contributed by atoms with Crippen LogP contribution in [0.5, 0.6) is 5.88 Å². The molecule has 1 aliphatic carbocycles. The monoisotopic (exact) mass is 548 g/mol. The third kappa shape index (κ3) is 6.87. The Balaban J connectivity index is 1.09. The van der Waals surface area contributed by atoms with Crippen LogP contribution in [0.1, 0.15) is 59.6 Å². The lowest BCUT2D eigenvalue weighted by atomic mass is 9.81. The van der Waals surface area contributed by atoms with Crippen LogP contribution >= 0.6 is 0 Å². The maximum Gasteiger partial charge on any atom is 0.422 e. The number of amides is 1. The van der Waals surface area contributed by atoms with Crippen LogP contribution in [0.4, 0.5) is 17.6 Å². The first-order chi connectivity index (χ1) is 18.6. The van der Waals surface area contributed by atoms with Crippen molar-refractivity contribution in [3.63, 3.8) is 0 Å². The molecule has 3 aromatic rings. The summed E-state index contributed by atoms with van der Waals surface area (Å²) in [7, 11) is 0. The number of aromatic nitrogens is 2. The third-order valence-electron chi connectivity index (χ3n) is 7.65. The van der Waals surface area contributed by atoms with E-state index < -0.39 is 18.5 Å². The van der Waals surface area contributed by atoms with Crippen molar-refractivity contribution < 1.29 is 31.5 Å². The molecule has 5 rings (SSSR count). The van der Waals surface area contributed by atoms with Gasteiger partial charge < -0.3 is 19.4 Å². The first-order valence-electron chi connectivity index (χ1n) is 13.3. The molecule has 0 spiro atoms. The number of carbonyl (C=O) groups is 1. The standard InChI is InChI=1S/C28H32F4N4O3/c1-18-33-23-4-2-3-21(25(23)39-18)26(37)34-20-7-11-27(29,12-8-20)13-16-36-14-9-19-5-6-24(35-22(19)10-15-36)38-17-28(30,31)32/h2-6,20H,7-17H2,1H3,(H,34,37)/t20-,27+. The van der Waals surface area contributed by atoms with Gasteiger partial charge in [0.1, 0.15) is 11.2 Å². The average Bonchev–Trinajstić information content (AvgIpc) is 3.16. The molecule has 0 atom stereocenters. The number of hydrogen-bond donors (Lipinski definition) is 1. The van der Waals surface area contributed by atoms with E-state index >= 15 is 4.39 Å². The molecule has 7 nitrogen and oxygen atoms in total. The number of hydrogen-bond acceptors (Lipinski definition) is 6. The minimum absolute atomic E-state index is 0.0290. The summed E-state index contributed by atoms with van der Waals surface area (Å²) in [5.74, 6) is 0.228. The van der Waals surface area contributed by atoms with Crippen LogP contribution in [0.3, 0.4) is 0 Å². The minimum Gasteiger partial charge on any atom is -0.468 e. The Hall–Kier alpha value is -3.21. The maximum absolute atomic E-state index is 15.7. The van der Waals surface area contributed by atoms with Gasteiger partial charge in [-0.3, -0.25) is 4.79 Å². The van der Waals surface area contributed by atoms with Gasteiger partial charge in [0, 0.05) is 50.8 Å². The molecule has 39 heavy (non-hydrogen) atoms. The Morgan fingerprint density at radius 3 is 2.69 bits per heavy atom. The summed E-state index contributed by atoms with van der Waals surface area (Å²) in [6.07, 6.45) is -0.875. The van der Waals surface area contributed by atoms with Gasteiger partial charge in [0.2, 0.25) is 5.88 Å². The Morgan fingerprint density at radius 1 is 1.15 bits per heavy atom. The molecule has 1 fully saturated rings. The summed E-state index contributed by atoms with van der Waals surface area (Å²) < 4.78 is 63.4. The molecule has 0 bridgehead atoms. The molecular formula is C28H32F4N4O3. The van der Waals surface area contributed by atoms with Crippen molar-refractivity contribution in [2.24, 2.45) is 0 Å². The van der Waals surface area contributed by atoms with Crippen LogP contribution in [0, 0.1) is 6.92 Å². The molecule has 1 N–H and O–H groups in total. The normalized spacial score (nSPS) is 22.3. The maximum atomic E-state index is 15.7. The van der Waals surface area contributed by atoms with Crippen LogP contribution in [0.25, 0.3) is 11.1 Å². The van der Waals surface area contributed by atoms with E-state index in [2.05, 4.69) is 20.2 Å². The number of carbonyl (C=O) groups excluding carboxylic acids is 1. The van der Waals surface area contributed by atoms with Gasteiger partial charge in [-0.05, 0) is 56.2 Å². The quantitative estimate of drug-likeness (QED) is 0.402. The molecule has 1 aliphatic heterocycles. The summed E-state index contributed by atoms with van der Waals surface area (Å²) in [5, 5.41) is 3.04. The molecule has 1 amide bonds. The molecule has 1 aromatic carbocycles. The minimum atomic E-state index is -4.41. The Bertz CT molecular complexity index is 1320. The molecule has 3 heterocycles. The summed E-state index contributed by atoms with van der Waals surface area (Å²) in [6, 6.07) is 8.41. The molecule has 0 unspecified atom stereocenters. The van der Waals surface area contributed by atoms with Crippen LogP contribution in [0.15, 0.2) is 34.7 Å². The third-order valence-corrected chi connectivity index (χ3v) is 7.65. The highest BCUT2D eigenvalue weighted by Gasteiger charge is 2.36. The summed E-state index contributed by atoms with van der Waals surface area (Å²) in [5.41, 5.74) is 1.95. The van der Waals surface area contributed by atoms with Crippen LogP contribution < -0.4 is 10.1 Å². The average molecular weight is 549 g/mol. The predicted molar refractivity (Wildman–Crippen MR) is 137 cm³/mol. The zero-order valence-electron chi connectivity index (χ0n) is 21.8. The highest BCUT2D eigenvalue weighted by Crippen LogP contribution is 2.35. The zero-order chi connectivity index (χ0) is 27.6. The number of halogens is 4. The molecule has 0 saturated heterocycles. The van der Waals surface area contributed by atoms with Crippen molar-refractivity contribution in [1.82, 2.24) is 20.2 Å². The molecular weight excluding hydrogens is 516 g/mol. The lowest BCUT2D eigenvalue weighted by Gasteiger charge is -2.35. The Labute approximate surface area is 223 Å². The van der Waals surface area contributed by atoms with Gasteiger partial charge in [-0.15, -0.1) is 0 Å². The molecule has 2 aliphatic rings. The zero-order valence-corrected chi connectivity index (χ0v) is 21.8. The van der Waals surface area contributed by atoms with Crippen molar-refractivity contribution in [3.8, 4) is 5.88 Å². The second kappa shape index (κ2) is 11.1. The number of fused-ring (bicyclic) bond motifs is 2. The van der Waals surface area contributed by atoms with Gasteiger partial charge in [-0.1, -0.05) is 12.1 Å². The lowest BCUT2D eigenvalue weighted by molar-refractivity contribution is -0.154. The first-order valence-corrected chi connectivity index (χ1v) is 13.3. The summed E-state index contributed by atoms with van der Waals surface area (Å²) >= 11 is 0. The number of benzene rings is 1. The van der Waals surface area contributed by atoms with Gasteiger partial charge in [-0.2, -0.15) is 13.2 Å². The highest BCUT2D eigenvalue weighted by molar-refractivity contribution is 6.04. The van der Waals surface area contributed by atoms with Crippen LogP contribution in [-0.4, -0.2) is 64.9 Å². The van der Waals surface area contributed by atoms with Crippen molar-refractivity contribution in [1.29, 1.82) is 0 Å². The van der Waals surface area contributed by atoms with Crippen LogP contribution in [-0.2, 0) is 12.8 Å². The Morgan fingerprint density at radius 2 is 1.92 bits per heavy atom. The number of alkyl halides is 4. The smallest absolute Gasteiger partial charge is 0.422 e. The molecule has 210 valence electrons. The van der Waals surface area contributed by atoms with E-state index in [9.17, 15) is 18.0 Å². The van der Waals surface area contributed by atoms with E-state index in [1.54, 1.807) is 31.2 Å². The van der Waals surface area contributed by atoms with Crippen molar-refractivity contribution in [3.05, 3.63) is 53.0 Å². The van der Waals surface area contributed by atoms with Crippen LogP contribution in [0.2, 0.25) is 0 Å². The number of nitrogens with zero attached hydrogens (tertiary/aromatic N) is 3. The number of aryl methyl sites for hydroxylation is 1. The second-order valence-corrected chi connectivity index (χ2v) is 10.5. The number of ether oxygens (including phenoxy) is 1. The second-order valence-electron chi connectivity index (χ2n) is 10.5. The van der Waals surface area contributed by atoms with E-state index in [-0.39, 0.29) is 17.8 Å². The number of pyridine rings is 1. The SMILES string of the molecule is Cc1nc2cccc(C(=O)N[C@H]3CC[C@](F)(CCN4CCc5ccc(OCC(F)(F)F)nc5CC4)CC3)c2o1. The summed E-state index contributed by atoms with van der Waals surface area (Å²) in [6.45, 7) is 2.35. The van der Waals surface area contributed by atoms with Gasteiger partial charge in [-0.25, -0.2) is 14.4 Å². The Kier molecular flexibility index (Phi) is 7.80. The van der Waals surface area contributed by atoms with E-state index in [0.717, 1.165) is 17.8 Å². The highest BCUT2D eigenvalue weighted by atomic mass is 19.4. The number of rotatable bonds is 7. The van der Waals surface area contributed by atoms with Crippen molar-refractivity contribution >= 4 is 17.0 Å². The molecule has 0 radical (unpaired) electrons. The predicted octanol–water partition coefficient (Wildman–Crippen LogP) is 5.34. The lowest BCUT2D eigenvalue weighted by Crippen LogP contribution is -2.43. The topological polar surface area (TPSA) is 80.5 Å². The van der Waals surface area contributed by atoms with E-state index in [0.29, 0.717) is 80.6 Å². The molecule has 2 aromatic heterocycles. The summed E-state index contributed by atoms with van der Waals surface area (Å²) in [4.78, 5) is 23.6. The van der Waals surface area contributed by atoms with Crippen molar-refractivity contribution in [2.45, 2.75) is 69.8 Å². The van der Waals surface area contributed by atoms with Gasteiger partial charge >= 0.3 is 6.18 Å². The number of nitrogens with one attached hydrogen (secondary N) is 1. The fourth-order valence-electron chi connectivity index (χ4n) is 5.46. The van der Waals surface area contributed by atoms with Gasteiger partial charge in [0.15, 0.2) is 18.1 Å². The van der Waals surface area contributed by atoms with Crippen molar-refractivity contribution in [2.75, 3.05) is 26.2 Å². The van der Waals surface area contributed by atoms with E-state index in [4.69, 9.17) is 9.15 Å². The fourth-order valence-corrected chi connectivity index (χ4v) is 5.46. The largest absolute Gasteiger partial charge is 0.468 e. The molecule has 1 saturated carbocycles. The van der Waals surface area contributed by atoms with Gasteiger partial charge in [0.05, 0.1) is 5.56 Å².